The van der Waals surface area contributed by atoms with Crippen LogP contribution in [-0.2, 0) is 0 Å². The lowest BCUT2D eigenvalue weighted by Gasteiger charge is -2.35. The molecule has 1 aromatic carbocycles. The van der Waals surface area contributed by atoms with Gasteiger partial charge in [-0.05, 0) is 12.1 Å². The number of fused-ring (bicyclic) bond motifs is 1. The Bertz CT molecular complexity index is 636. The first kappa shape index (κ1) is 15.2. The molecular weight excluding hydrogens is 276 g/mol. The van der Waals surface area contributed by atoms with Crippen LogP contribution in [0.1, 0.15) is 25.6 Å². The number of aliphatic hydroxyl groups is 1. The molecule has 1 aliphatic rings. The molecule has 118 valence electrons. The van der Waals surface area contributed by atoms with Crippen LogP contribution in [0.25, 0.3) is 10.9 Å². The highest BCUT2D eigenvalue weighted by Crippen LogP contribution is 2.26. The minimum Gasteiger partial charge on any atom is -0.395 e. The molecule has 0 atom stereocenters. The van der Waals surface area contributed by atoms with Crippen LogP contribution in [0.4, 0.5) is 5.82 Å². The van der Waals surface area contributed by atoms with Gasteiger partial charge >= 0.3 is 0 Å². The van der Waals surface area contributed by atoms with Gasteiger partial charge in [-0.25, -0.2) is 9.97 Å². The Balaban J connectivity index is 1.92. The predicted molar refractivity (Wildman–Crippen MR) is 89.4 cm³/mol. The topological polar surface area (TPSA) is 52.5 Å². The first-order valence-electron chi connectivity index (χ1n) is 8.04. The number of aliphatic hydroxyl groups excluding tert-OH is 1. The molecule has 3 rings (SSSR count). The number of nitrogens with zero attached hydrogens (tertiary/aromatic N) is 4. The molecule has 5 nitrogen and oxygen atoms in total. The largest absolute Gasteiger partial charge is 0.395 e. The van der Waals surface area contributed by atoms with Crippen molar-refractivity contribution in [3.05, 3.63) is 30.1 Å². The van der Waals surface area contributed by atoms with E-state index in [9.17, 15) is 0 Å². The van der Waals surface area contributed by atoms with E-state index < -0.39 is 0 Å². The second-order valence-corrected chi connectivity index (χ2v) is 6.13. The molecule has 1 aromatic heterocycles. The van der Waals surface area contributed by atoms with Gasteiger partial charge in [0, 0.05) is 44.0 Å². The van der Waals surface area contributed by atoms with Gasteiger partial charge in [0.1, 0.15) is 11.6 Å². The van der Waals surface area contributed by atoms with Crippen molar-refractivity contribution in [2.75, 3.05) is 44.2 Å². The number of hydrogen-bond acceptors (Lipinski definition) is 5. The maximum atomic E-state index is 9.06. The van der Waals surface area contributed by atoms with Crippen LogP contribution in [0.2, 0.25) is 0 Å². The summed E-state index contributed by atoms with van der Waals surface area (Å²) in [4.78, 5) is 14.2. The summed E-state index contributed by atoms with van der Waals surface area (Å²) >= 11 is 0. The quantitative estimate of drug-likeness (QED) is 0.934. The smallest absolute Gasteiger partial charge is 0.140 e. The number of anilines is 1. The first-order chi connectivity index (χ1) is 10.7. The second kappa shape index (κ2) is 6.58. The summed E-state index contributed by atoms with van der Waals surface area (Å²) in [6.07, 6.45) is 0. The van der Waals surface area contributed by atoms with Gasteiger partial charge in [0.15, 0.2) is 0 Å². The fourth-order valence-electron chi connectivity index (χ4n) is 2.90. The molecule has 5 heteroatoms. The van der Waals surface area contributed by atoms with Crippen LogP contribution in [0.3, 0.4) is 0 Å². The minimum atomic E-state index is 0.230. The minimum absolute atomic E-state index is 0.230. The van der Waals surface area contributed by atoms with Crippen LogP contribution < -0.4 is 4.90 Å². The molecular formula is C17H24N4O. The Hall–Kier alpha value is -1.72. The monoisotopic (exact) mass is 300 g/mol. The highest BCUT2D eigenvalue weighted by atomic mass is 16.3. The van der Waals surface area contributed by atoms with E-state index in [4.69, 9.17) is 15.1 Å². The van der Waals surface area contributed by atoms with Crippen molar-refractivity contribution in [1.29, 1.82) is 0 Å². The third-order valence-electron chi connectivity index (χ3n) is 4.20. The van der Waals surface area contributed by atoms with E-state index in [1.807, 2.05) is 12.1 Å². The average molecular weight is 300 g/mol. The zero-order valence-corrected chi connectivity index (χ0v) is 13.4. The molecule has 0 unspecified atom stereocenters. The summed E-state index contributed by atoms with van der Waals surface area (Å²) in [5.41, 5.74) is 1.02. The predicted octanol–water partition coefficient (Wildman–Crippen LogP) is 1.87. The summed E-state index contributed by atoms with van der Waals surface area (Å²) in [5, 5.41) is 10.2. The molecule has 1 saturated heterocycles. The Labute approximate surface area is 131 Å². The fourth-order valence-corrected chi connectivity index (χ4v) is 2.90. The summed E-state index contributed by atoms with van der Waals surface area (Å²) in [5.74, 6) is 2.28. The molecule has 1 N–H and O–H groups in total. The number of aromatic nitrogens is 2. The zero-order valence-electron chi connectivity index (χ0n) is 13.4. The SMILES string of the molecule is CC(C)c1nc(N2CCN(CCO)CC2)c2ccccc2n1. The molecule has 0 saturated carbocycles. The normalized spacial score (nSPS) is 16.6. The lowest BCUT2D eigenvalue weighted by molar-refractivity contribution is 0.188. The first-order valence-corrected chi connectivity index (χ1v) is 8.04. The van der Waals surface area contributed by atoms with Gasteiger partial charge in [0.05, 0.1) is 12.1 Å². The molecule has 2 heterocycles. The van der Waals surface area contributed by atoms with E-state index in [0.29, 0.717) is 5.92 Å². The lowest BCUT2D eigenvalue weighted by Crippen LogP contribution is -2.47. The molecule has 0 aliphatic carbocycles. The van der Waals surface area contributed by atoms with Crippen LogP contribution in [-0.4, -0.2) is 59.3 Å². The number of benzene rings is 1. The van der Waals surface area contributed by atoms with E-state index in [2.05, 4.69) is 35.8 Å². The van der Waals surface area contributed by atoms with Gasteiger partial charge in [0.25, 0.3) is 0 Å². The van der Waals surface area contributed by atoms with Crippen LogP contribution in [0.5, 0.6) is 0 Å². The third-order valence-corrected chi connectivity index (χ3v) is 4.20. The standard InChI is InChI=1S/C17H24N4O/c1-13(2)16-18-15-6-4-3-5-14(15)17(19-16)21-9-7-20(8-10-21)11-12-22/h3-6,13,22H,7-12H2,1-2H3. The van der Waals surface area contributed by atoms with Crippen molar-refractivity contribution in [2.24, 2.45) is 0 Å². The molecule has 0 radical (unpaired) electrons. The fraction of sp³-hybridized carbons (Fsp3) is 0.529. The van der Waals surface area contributed by atoms with Gasteiger partial charge in [-0.15, -0.1) is 0 Å². The molecule has 0 bridgehead atoms. The Morgan fingerprint density at radius 3 is 2.50 bits per heavy atom. The van der Waals surface area contributed by atoms with Crippen molar-refractivity contribution >= 4 is 16.7 Å². The highest BCUT2D eigenvalue weighted by molar-refractivity contribution is 5.89. The number of rotatable bonds is 4. The van der Waals surface area contributed by atoms with Crippen LogP contribution in [0, 0.1) is 0 Å². The number of hydrogen-bond donors (Lipinski definition) is 1. The maximum Gasteiger partial charge on any atom is 0.140 e. The summed E-state index contributed by atoms with van der Waals surface area (Å²) in [6.45, 7) is 9.08. The van der Waals surface area contributed by atoms with Crippen molar-refractivity contribution in [3.63, 3.8) is 0 Å². The van der Waals surface area contributed by atoms with Gasteiger partial charge in [0.2, 0.25) is 0 Å². The lowest BCUT2D eigenvalue weighted by atomic mass is 10.1. The van der Waals surface area contributed by atoms with Crippen molar-refractivity contribution in [1.82, 2.24) is 14.9 Å². The molecule has 0 amide bonds. The van der Waals surface area contributed by atoms with E-state index in [1.54, 1.807) is 0 Å². The third kappa shape index (κ3) is 3.05. The Kier molecular flexibility index (Phi) is 4.55. The van der Waals surface area contributed by atoms with E-state index >= 15 is 0 Å². The van der Waals surface area contributed by atoms with Gasteiger partial charge in [-0.2, -0.15) is 0 Å². The number of para-hydroxylation sites is 1. The van der Waals surface area contributed by atoms with Crippen molar-refractivity contribution < 1.29 is 5.11 Å². The second-order valence-electron chi connectivity index (χ2n) is 6.13. The van der Waals surface area contributed by atoms with Gasteiger partial charge < -0.3 is 10.0 Å². The molecule has 2 aromatic rings. The molecule has 1 fully saturated rings. The zero-order chi connectivity index (χ0) is 15.5. The highest BCUT2D eigenvalue weighted by Gasteiger charge is 2.20. The molecule has 22 heavy (non-hydrogen) atoms. The van der Waals surface area contributed by atoms with Gasteiger partial charge in [-0.1, -0.05) is 26.0 Å². The maximum absolute atomic E-state index is 9.06. The average Bonchev–Trinajstić information content (AvgIpc) is 2.55. The number of piperazine rings is 1. The van der Waals surface area contributed by atoms with Crippen LogP contribution in [0.15, 0.2) is 24.3 Å². The van der Waals surface area contributed by atoms with E-state index in [1.165, 1.54) is 0 Å². The molecule has 0 spiro atoms. The number of β-amino-alcohol motifs (C(OH)–C–C–N with tert-alkyl or cyclic N) is 1. The van der Waals surface area contributed by atoms with Crippen molar-refractivity contribution in [3.8, 4) is 0 Å². The van der Waals surface area contributed by atoms with E-state index in [0.717, 1.165) is 55.3 Å². The molecule has 1 aliphatic heterocycles. The Morgan fingerprint density at radius 2 is 1.82 bits per heavy atom. The summed E-state index contributed by atoms with van der Waals surface area (Å²) in [7, 11) is 0. The van der Waals surface area contributed by atoms with Gasteiger partial charge in [-0.3, -0.25) is 4.90 Å². The summed E-state index contributed by atoms with van der Waals surface area (Å²) in [6, 6.07) is 8.25. The van der Waals surface area contributed by atoms with Crippen LogP contribution >= 0.6 is 0 Å². The van der Waals surface area contributed by atoms with Crippen molar-refractivity contribution in [2.45, 2.75) is 19.8 Å². The Morgan fingerprint density at radius 1 is 1.09 bits per heavy atom. The summed E-state index contributed by atoms with van der Waals surface area (Å²) < 4.78 is 0. The van der Waals surface area contributed by atoms with E-state index in [-0.39, 0.29) is 6.61 Å².